The third-order valence-corrected chi connectivity index (χ3v) is 0. The van der Waals surface area contributed by atoms with Gasteiger partial charge in [0.1, 0.15) is 0 Å². The van der Waals surface area contributed by atoms with E-state index in [4.69, 9.17) is 0 Å². The molecule has 1 nitrogen and oxygen atoms in total. The quantitative estimate of drug-likeness (QED) is 0.402. The van der Waals surface area contributed by atoms with Gasteiger partial charge in [-0.2, -0.15) is 17.3 Å². The Morgan fingerprint density at radius 1 is 0.800 bits per heavy atom. The van der Waals surface area contributed by atoms with Gasteiger partial charge in [-0.3, -0.25) is 0 Å². The van der Waals surface area contributed by atoms with Crippen LogP contribution in [0.3, 0.4) is 0 Å². The molecule has 0 fully saturated rings. The van der Waals surface area contributed by atoms with Gasteiger partial charge >= 0.3 is 17.4 Å². The van der Waals surface area contributed by atoms with Gasteiger partial charge in [-0.1, -0.05) is 0 Å². The summed E-state index contributed by atoms with van der Waals surface area (Å²) in [4.78, 5) is 0. The van der Waals surface area contributed by atoms with Crippen molar-refractivity contribution in [3.63, 3.8) is 0 Å². The van der Waals surface area contributed by atoms with Crippen molar-refractivity contribution in [2.45, 2.75) is 0 Å². The van der Waals surface area contributed by atoms with E-state index in [1.165, 1.54) is 0 Å². The normalized spacial score (nSPS) is 1.80. The molecule has 0 aromatic heterocycles. The zero-order valence-electron chi connectivity index (χ0n) is 4.19. The SMILES string of the molecule is Cl.Cl.ClOCl.S.[Al+3].[Cl-].[Cl-].[Cl-]. The molecule has 0 bridgehead atoms. The molecule has 0 N–H and O–H groups in total. The Morgan fingerprint density at radius 2 is 0.800 bits per heavy atom. The van der Waals surface area contributed by atoms with E-state index < -0.39 is 0 Å². The van der Waals surface area contributed by atoms with Crippen LogP contribution >= 0.6 is 62.0 Å². The fraction of sp³-hybridized carbons (Fsp3) is 0. The van der Waals surface area contributed by atoms with Crippen LogP contribution in [0.25, 0.3) is 0 Å². The molecule has 0 unspecified atom stereocenters. The van der Waals surface area contributed by atoms with Crippen LogP contribution in [0.4, 0.5) is 0 Å². The van der Waals surface area contributed by atoms with Crippen molar-refractivity contribution in [1.29, 1.82) is 0 Å². The first-order valence-electron chi connectivity index (χ1n) is 0.309. The first-order valence-corrected chi connectivity index (χ1v) is 0.926. The Bertz CT molecular complexity index is 13.6. The largest absolute Gasteiger partial charge is 3.00 e. The summed E-state index contributed by atoms with van der Waals surface area (Å²) in [6.45, 7) is 0. The molecule has 0 radical (unpaired) electrons. The van der Waals surface area contributed by atoms with Gasteiger partial charge in [0.15, 0.2) is 0 Å². The minimum Gasteiger partial charge on any atom is -1.00 e. The summed E-state index contributed by atoms with van der Waals surface area (Å²) in [6.07, 6.45) is 0. The van der Waals surface area contributed by atoms with Gasteiger partial charge in [0.2, 0.25) is 0 Å². The number of rotatable bonds is 0. The van der Waals surface area contributed by atoms with Crippen LogP contribution in [0, 0.1) is 0 Å². The van der Waals surface area contributed by atoms with Gasteiger partial charge in [0.05, 0.1) is 23.7 Å². The van der Waals surface area contributed by atoms with Crippen LogP contribution in [-0.4, -0.2) is 17.4 Å². The zero-order chi connectivity index (χ0) is 2.71. The van der Waals surface area contributed by atoms with Gasteiger partial charge < -0.3 is 37.2 Å². The molecule has 10 heteroatoms. The van der Waals surface area contributed by atoms with Gasteiger partial charge in [-0.05, 0) is 0 Å². The summed E-state index contributed by atoms with van der Waals surface area (Å²) in [5, 5.41) is 0. The standard InChI is InChI=1S/Al.Cl2O.5ClH.H2S/c;1-3-2;;;;;;/h;;5*1H;1H2/q+3;;;;;;;/p-3. The average Bonchev–Trinajstić information content (AvgIpc) is 0.918. The van der Waals surface area contributed by atoms with Crippen molar-refractivity contribution >= 4 is 79.4 Å². The molecule has 0 amide bonds. The van der Waals surface area contributed by atoms with E-state index in [9.17, 15) is 0 Å². The molecule has 0 spiro atoms. The minimum absolute atomic E-state index is 0. The van der Waals surface area contributed by atoms with E-state index in [0.717, 1.165) is 0 Å². The molecule has 0 saturated heterocycles. The Morgan fingerprint density at radius 3 is 0.800 bits per heavy atom. The molecule has 0 aliphatic heterocycles. The summed E-state index contributed by atoms with van der Waals surface area (Å²) in [5.41, 5.74) is 0. The van der Waals surface area contributed by atoms with E-state index in [1.54, 1.807) is 0 Å². The Labute approximate surface area is 119 Å². The zero-order valence-corrected chi connectivity index (χ0v) is 11.8. The number of halogens is 7. The molecule has 0 atom stereocenters. The van der Waals surface area contributed by atoms with E-state index >= 15 is 0 Å². The maximum absolute atomic E-state index is 4.26. The summed E-state index contributed by atoms with van der Waals surface area (Å²) >= 11 is 8.53. The van der Waals surface area contributed by atoms with Crippen molar-refractivity contribution in [2.24, 2.45) is 0 Å². The van der Waals surface area contributed by atoms with Crippen LogP contribution in [-0.2, 0) is 3.84 Å². The van der Waals surface area contributed by atoms with Crippen LogP contribution in [0.1, 0.15) is 0 Å². The van der Waals surface area contributed by atoms with Crippen LogP contribution in [0.5, 0.6) is 0 Å². The third-order valence-electron chi connectivity index (χ3n) is 0. The Kier molecular flexibility index (Phi) is 715. The molecule has 68 valence electrons. The van der Waals surface area contributed by atoms with E-state index in [1.807, 2.05) is 0 Å². The molecule has 10 heavy (non-hydrogen) atoms. The fourth-order valence-corrected chi connectivity index (χ4v) is 0. The Hall–Kier alpha value is 2.87. The molecule has 0 saturated carbocycles. The average molecular weight is 327 g/mol. The molecular formula is H4AlCl7OS. The second-order valence-corrected chi connectivity index (χ2v) is 0.525. The summed E-state index contributed by atoms with van der Waals surface area (Å²) in [5.74, 6) is 0. The van der Waals surface area contributed by atoms with Crippen LogP contribution in [0.15, 0.2) is 0 Å². The van der Waals surface area contributed by atoms with Crippen LogP contribution < -0.4 is 37.2 Å². The van der Waals surface area contributed by atoms with Crippen molar-refractivity contribution in [3.8, 4) is 0 Å². The monoisotopic (exact) mass is 324 g/mol. The molecule has 0 aliphatic rings. The third kappa shape index (κ3) is 128. The predicted molar refractivity (Wildman–Crippen MR) is 43.4 cm³/mol. The second-order valence-electron chi connectivity index (χ2n) is 0.0583. The van der Waals surface area contributed by atoms with Crippen molar-refractivity contribution in [3.05, 3.63) is 0 Å². The topological polar surface area (TPSA) is 9.23 Å². The van der Waals surface area contributed by atoms with Gasteiger partial charge in [-0.15, -0.1) is 24.8 Å². The van der Waals surface area contributed by atoms with Crippen molar-refractivity contribution in [2.75, 3.05) is 0 Å². The van der Waals surface area contributed by atoms with E-state index in [0.29, 0.717) is 0 Å². The first kappa shape index (κ1) is 76.4. The molecule has 0 aromatic carbocycles. The summed E-state index contributed by atoms with van der Waals surface area (Å²) < 4.78 is 3.19. The number of hydrogen-bond acceptors (Lipinski definition) is 1. The molecule has 0 rings (SSSR count). The van der Waals surface area contributed by atoms with Gasteiger partial charge in [0.25, 0.3) is 0 Å². The smallest absolute Gasteiger partial charge is 1.00 e. The molecule has 0 aliphatic carbocycles. The van der Waals surface area contributed by atoms with Gasteiger partial charge in [-0.25, -0.2) is 0 Å². The molecular weight excluding hydrogens is 323 g/mol. The molecule has 0 aromatic rings. The van der Waals surface area contributed by atoms with E-state index in [-0.39, 0.29) is 92.9 Å². The van der Waals surface area contributed by atoms with Crippen molar-refractivity contribution in [1.82, 2.24) is 0 Å². The summed E-state index contributed by atoms with van der Waals surface area (Å²) in [6, 6.07) is 0. The van der Waals surface area contributed by atoms with E-state index in [2.05, 4.69) is 27.6 Å². The van der Waals surface area contributed by atoms with Crippen LogP contribution in [0.2, 0.25) is 0 Å². The number of hydrogen-bond donors (Lipinski definition) is 0. The Balaban J connectivity index is -0.000000000952. The maximum Gasteiger partial charge on any atom is 3.00 e. The maximum atomic E-state index is 4.26. The summed E-state index contributed by atoms with van der Waals surface area (Å²) in [7, 11) is 0. The molecule has 0 heterocycles. The van der Waals surface area contributed by atoms with Gasteiger partial charge in [0, 0.05) is 0 Å². The minimum atomic E-state index is 0. The predicted octanol–water partition coefficient (Wildman–Crippen LogP) is -7.10. The second kappa shape index (κ2) is 93.6. The fourth-order valence-electron chi connectivity index (χ4n) is 0. The first-order chi connectivity index (χ1) is 1.41. The van der Waals surface area contributed by atoms with Crippen molar-refractivity contribution < 1.29 is 41.1 Å².